The highest BCUT2D eigenvalue weighted by Gasteiger charge is 2.06. The highest BCUT2D eigenvalue weighted by atomic mass is 35.5. The van der Waals surface area contributed by atoms with E-state index < -0.39 is 11.2 Å². The predicted molar refractivity (Wildman–Crippen MR) is 129 cm³/mol. The lowest BCUT2D eigenvalue weighted by Crippen LogP contribution is -2.31. The Kier molecular flexibility index (Phi) is 7.12. The highest BCUT2D eigenvalue weighted by molar-refractivity contribution is 6.30. The summed E-state index contributed by atoms with van der Waals surface area (Å²) >= 11 is 5.86. The monoisotopic (exact) mass is 463 g/mol. The average Bonchev–Trinajstić information content (AvgIpc) is 2.83. The van der Waals surface area contributed by atoms with Crippen LogP contribution in [0.2, 0.25) is 5.02 Å². The third kappa shape index (κ3) is 6.27. The molecule has 0 atom stereocenters. The van der Waals surface area contributed by atoms with E-state index in [4.69, 9.17) is 21.1 Å². The van der Waals surface area contributed by atoms with Crippen molar-refractivity contribution >= 4 is 23.0 Å². The minimum Gasteiger partial charge on any atom is -0.490 e. The number of para-hydroxylation sites is 1. The first-order valence-corrected chi connectivity index (χ1v) is 10.7. The van der Waals surface area contributed by atoms with Crippen LogP contribution in [-0.2, 0) is 6.54 Å². The maximum absolute atomic E-state index is 12.3. The van der Waals surface area contributed by atoms with Gasteiger partial charge in [-0.2, -0.15) is 0 Å². The molecule has 0 aliphatic heterocycles. The Morgan fingerprint density at radius 2 is 1.42 bits per heavy atom. The number of aromatic nitrogens is 2. The Balaban J connectivity index is 1.34. The van der Waals surface area contributed by atoms with Gasteiger partial charge in [0.15, 0.2) is 0 Å². The van der Waals surface area contributed by atoms with E-state index in [1.165, 1.54) is 10.8 Å². The highest BCUT2D eigenvalue weighted by Crippen LogP contribution is 2.17. The number of nitrogens with zero attached hydrogens (tertiary/aromatic N) is 1. The van der Waals surface area contributed by atoms with Gasteiger partial charge in [0.25, 0.3) is 5.56 Å². The molecule has 0 radical (unpaired) electrons. The van der Waals surface area contributed by atoms with Crippen LogP contribution in [0.4, 0.5) is 11.4 Å². The standard InChI is InChI=1S/C25H22ClN3O4/c26-19-8-12-22(13-9-19)33-15-14-32-21-10-6-18(7-11-21)16-29-17-23(24(30)28-25(29)31)27-20-4-2-1-3-5-20/h1-13,17,27H,14-16H2,(H,28,30,31). The van der Waals surface area contributed by atoms with E-state index in [1.807, 2.05) is 54.6 Å². The van der Waals surface area contributed by atoms with Gasteiger partial charge < -0.3 is 14.8 Å². The normalized spacial score (nSPS) is 10.6. The van der Waals surface area contributed by atoms with E-state index in [0.29, 0.717) is 36.2 Å². The third-order valence-corrected chi connectivity index (χ3v) is 5.03. The summed E-state index contributed by atoms with van der Waals surface area (Å²) in [5, 5.41) is 3.69. The summed E-state index contributed by atoms with van der Waals surface area (Å²) in [6, 6.07) is 23.8. The van der Waals surface area contributed by atoms with Crippen LogP contribution in [0.15, 0.2) is 94.6 Å². The van der Waals surface area contributed by atoms with Gasteiger partial charge >= 0.3 is 5.69 Å². The van der Waals surface area contributed by atoms with Crippen molar-refractivity contribution < 1.29 is 9.47 Å². The molecule has 0 aliphatic carbocycles. The van der Waals surface area contributed by atoms with Crippen LogP contribution in [0.1, 0.15) is 5.56 Å². The van der Waals surface area contributed by atoms with Crippen molar-refractivity contribution in [3.8, 4) is 11.5 Å². The molecule has 0 saturated carbocycles. The molecule has 0 amide bonds. The van der Waals surface area contributed by atoms with E-state index in [-0.39, 0.29) is 0 Å². The number of rotatable bonds is 9. The first kappa shape index (κ1) is 22.2. The molecule has 7 nitrogen and oxygen atoms in total. The molecule has 168 valence electrons. The summed E-state index contributed by atoms with van der Waals surface area (Å²) in [4.78, 5) is 26.8. The summed E-state index contributed by atoms with van der Waals surface area (Å²) in [5.41, 5.74) is 0.999. The van der Waals surface area contributed by atoms with Crippen LogP contribution in [0.5, 0.6) is 11.5 Å². The summed E-state index contributed by atoms with van der Waals surface area (Å²) < 4.78 is 12.8. The summed E-state index contributed by atoms with van der Waals surface area (Å²) in [6.45, 7) is 1.09. The van der Waals surface area contributed by atoms with Crippen molar-refractivity contribution in [3.05, 3.63) is 116 Å². The fraction of sp³-hybridized carbons (Fsp3) is 0.120. The van der Waals surface area contributed by atoms with Crippen LogP contribution < -0.4 is 26.0 Å². The Morgan fingerprint density at radius 1 is 0.818 bits per heavy atom. The van der Waals surface area contributed by atoms with Crippen LogP contribution in [0.25, 0.3) is 0 Å². The molecule has 0 unspecified atom stereocenters. The maximum atomic E-state index is 12.3. The number of halogens is 1. The lowest BCUT2D eigenvalue weighted by Gasteiger charge is -2.11. The SMILES string of the molecule is O=c1[nH]c(=O)n(Cc2ccc(OCCOc3ccc(Cl)cc3)cc2)cc1Nc1ccccc1. The minimum absolute atomic E-state index is 0.293. The van der Waals surface area contributed by atoms with Crippen molar-refractivity contribution in [2.24, 2.45) is 0 Å². The first-order chi connectivity index (χ1) is 16.1. The number of hydrogen-bond donors (Lipinski definition) is 2. The van der Waals surface area contributed by atoms with Crippen molar-refractivity contribution in [3.63, 3.8) is 0 Å². The second-order valence-corrected chi connectivity index (χ2v) is 7.65. The van der Waals surface area contributed by atoms with Crippen molar-refractivity contribution in [2.75, 3.05) is 18.5 Å². The number of anilines is 2. The van der Waals surface area contributed by atoms with E-state index in [0.717, 1.165) is 17.0 Å². The smallest absolute Gasteiger partial charge is 0.328 e. The third-order valence-electron chi connectivity index (χ3n) is 4.77. The molecule has 8 heteroatoms. The molecule has 1 aromatic heterocycles. The zero-order valence-corrected chi connectivity index (χ0v) is 18.4. The minimum atomic E-state index is -0.474. The van der Waals surface area contributed by atoms with Gasteiger partial charge in [-0.25, -0.2) is 4.79 Å². The quantitative estimate of drug-likeness (QED) is 0.358. The molecule has 4 rings (SSSR count). The van der Waals surface area contributed by atoms with Crippen LogP contribution in [0.3, 0.4) is 0 Å². The molecular formula is C25H22ClN3O4. The van der Waals surface area contributed by atoms with Gasteiger partial charge in [0, 0.05) is 16.9 Å². The van der Waals surface area contributed by atoms with Crippen molar-refractivity contribution in [1.82, 2.24) is 9.55 Å². The number of aromatic amines is 1. The van der Waals surface area contributed by atoms with Gasteiger partial charge in [0.1, 0.15) is 30.4 Å². The molecule has 1 heterocycles. The number of ether oxygens (including phenoxy) is 2. The largest absolute Gasteiger partial charge is 0.490 e. The zero-order chi connectivity index (χ0) is 23.0. The Morgan fingerprint density at radius 3 is 2.06 bits per heavy atom. The molecule has 0 saturated heterocycles. The molecule has 33 heavy (non-hydrogen) atoms. The molecule has 0 fully saturated rings. The van der Waals surface area contributed by atoms with Crippen molar-refractivity contribution in [1.29, 1.82) is 0 Å². The predicted octanol–water partition coefficient (Wildman–Crippen LogP) is 4.44. The fourth-order valence-corrected chi connectivity index (χ4v) is 3.26. The Bertz CT molecular complexity index is 1300. The number of hydrogen-bond acceptors (Lipinski definition) is 5. The van der Waals surface area contributed by atoms with E-state index in [1.54, 1.807) is 24.3 Å². The van der Waals surface area contributed by atoms with E-state index in [2.05, 4.69) is 10.3 Å². The molecule has 0 spiro atoms. The van der Waals surface area contributed by atoms with Gasteiger partial charge in [-0.3, -0.25) is 14.3 Å². The van der Waals surface area contributed by atoms with Crippen LogP contribution >= 0.6 is 11.6 Å². The van der Waals surface area contributed by atoms with Gasteiger partial charge in [-0.1, -0.05) is 41.9 Å². The second kappa shape index (κ2) is 10.6. The van der Waals surface area contributed by atoms with Gasteiger partial charge in [-0.05, 0) is 54.1 Å². The van der Waals surface area contributed by atoms with E-state index in [9.17, 15) is 9.59 Å². The fourth-order valence-electron chi connectivity index (χ4n) is 3.13. The molecule has 0 aliphatic rings. The average molecular weight is 464 g/mol. The van der Waals surface area contributed by atoms with Crippen LogP contribution in [-0.4, -0.2) is 22.8 Å². The van der Waals surface area contributed by atoms with E-state index >= 15 is 0 Å². The second-order valence-electron chi connectivity index (χ2n) is 7.22. The Hall–Kier alpha value is -3.97. The zero-order valence-electron chi connectivity index (χ0n) is 17.7. The summed E-state index contributed by atoms with van der Waals surface area (Å²) in [7, 11) is 0. The van der Waals surface area contributed by atoms with Crippen LogP contribution in [0, 0.1) is 0 Å². The number of H-pyrrole nitrogens is 1. The lowest BCUT2D eigenvalue weighted by molar-refractivity contribution is 0.217. The number of benzene rings is 3. The van der Waals surface area contributed by atoms with Crippen molar-refractivity contribution in [2.45, 2.75) is 6.54 Å². The van der Waals surface area contributed by atoms with Gasteiger partial charge in [0.05, 0.1) is 6.54 Å². The molecule has 4 aromatic rings. The van der Waals surface area contributed by atoms with Gasteiger partial charge in [0.2, 0.25) is 0 Å². The Labute approximate surface area is 195 Å². The maximum Gasteiger partial charge on any atom is 0.328 e. The van der Waals surface area contributed by atoms with Gasteiger partial charge in [-0.15, -0.1) is 0 Å². The topological polar surface area (TPSA) is 85.4 Å². The summed E-state index contributed by atoms with van der Waals surface area (Å²) in [6.07, 6.45) is 1.52. The molecule has 3 aromatic carbocycles. The first-order valence-electron chi connectivity index (χ1n) is 10.3. The molecular weight excluding hydrogens is 442 g/mol. The lowest BCUT2D eigenvalue weighted by atomic mass is 10.2. The summed E-state index contributed by atoms with van der Waals surface area (Å²) in [5.74, 6) is 1.42. The number of nitrogens with one attached hydrogen (secondary N) is 2. The molecule has 0 bridgehead atoms. The molecule has 2 N–H and O–H groups in total.